The quantitative estimate of drug-likeness (QED) is 0.910. The summed E-state index contributed by atoms with van der Waals surface area (Å²) in [6, 6.07) is 4.02. The van der Waals surface area contributed by atoms with E-state index in [0.717, 1.165) is 0 Å². The van der Waals surface area contributed by atoms with Gasteiger partial charge < -0.3 is 9.84 Å². The maximum atomic E-state index is 13.4. The molecule has 1 N–H and O–H groups in total. The van der Waals surface area contributed by atoms with Crippen LogP contribution < -0.4 is 4.90 Å². The maximum absolute atomic E-state index is 13.4. The van der Waals surface area contributed by atoms with E-state index in [9.17, 15) is 14.0 Å². The number of carbonyl (C=O) groups excluding carboxylic acids is 1. The molecular formula is C15H18FNO4. The Bertz CT molecular complexity index is 580. The van der Waals surface area contributed by atoms with Crippen LogP contribution in [0.4, 0.5) is 14.9 Å². The Hall–Kier alpha value is -2.11. The normalized spacial score (nSPS) is 17.5. The number of fused-ring (bicyclic) bond motifs is 1. The molecule has 0 saturated carbocycles. The zero-order valence-corrected chi connectivity index (χ0v) is 12.2. The predicted octanol–water partition coefficient (Wildman–Crippen LogP) is 3.14. The number of amides is 1. The number of nitrogens with zero attached hydrogens (tertiary/aromatic N) is 1. The van der Waals surface area contributed by atoms with Gasteiger partial charge in [-0.05, 0) is 44.5 Å². The van der Waals surface area contributed by atoms with E-state index in [1.54, 1.807) is 20.8 Å². The lowest BCUT2D eigenvalue weighted by molar-refractivity contribution is -0.137. The largest absolute Gasteiger partial charge is 0.481 e. The summed E-state index contributed by atoms with van der Waals surface area (Å²) in [6.45, 7) is 5.43. The summed E-state index contributed by atoms with van der Waals surface area (Å²) in [7, 11) is 0. The number of aliphatic carboxylic acids is 1. The van der Waals surface area contributed by atoms with Gasteiger partial charge in [0.2, 0.25) is 0 Å². The number of anilines is 1. The molecule has 5 nitrogen and oxygen atoms in total. The number of ether oxygens (including phenoxy) is 1. The third kappa shape index (κ3) is 3.51. The minimum Gasteiger partial charge on any atom is -0.481 e. The molecule has 0 radical (unpaired) electrons. The molecule has 1 aromatic rings. The van der Waals surface area contributed by atoms with Gasteiger partial charge in [0.05, 0.1) is 12.1 Å². The second-order valence-corrected chi connectivity index (χ2v) is 6.09. The molecule has 21 heavy (non-hydrogen) atoms. The first-order valence-corrected chi connectivity index (χ1v) is 6.69. The molecule has 6 heteroatoms. The molecular weight excluding hydrogens is 277 g/mol. The van der Waals surface area contributed by atoms with Crippen LogP contribution in [-0.2, 0) is 9.53 Å². The standard InChI is InChI=1S/C15H18FNO4/c1-15(2,3)21-14(20)17-8-9(6-13(18)19)11-7-10(16)4-5-12(11)17/h4-5,7,9H,6,8H2,1-3H3,(H,18,19). The van der Waals surface area contributed by atoms with Crippen molar-refractivity contribution in [3.05, 3.63) is 29.6 Å². The van der Waals surface area contributed by atoms with E-state index < -0.39 is 29.4 Å². The van der Waals surface area contributed by atoms with Gasteiger partial charge in [-0.25, -0.2) is 9.18 Å². The lowest BCUT2D eigenvalue weighted by Gasteiger charge is -2.25. The average Bonchev–Trinajstić information content (AvgIpc) is 2.65. The zero-order chi connectivity index (χ0) is 15.8. The molecule has 0 saturated heterocycles. The molecule has 1 amide bonds. The van der Waals surface area contributed by atoms with Gasteiger partial charge in [0.15, 0.2) is 0 Å². The molecule has 0 bridgehead atoms. The molecule has 0 aromatic heterocycles. The number of carbonyl (C=O) groups is 2. The van der Waals surface area contributed by atoms with E-state index in [-0.39, 0.29) is 13.0 Å². The molecule has 1 aromatic carbocycles. The summed E-state index contributed by atoms with van der Waals surface area (Å²) >= 11 is 0. The van der Waals surface area contributed by atoms with Crippen LogP contribution in [0.15, 0.2) is 18.2 Å². The molecule has 0 aliphatic carbocycles. The Morgan fingerprint density at radius 1 is 1.43 bits per heavy atom. The van der Waals surface area contributed by atoms with Gasteiger partial charge in [0, 0.05) is 12.5 Å². The minimum atomic E-state index is -0.985. The Labute approximate surface area is 122 Å². The van der Waals surface area contributed by atoms with Crippen LogP contribution in [0.5, 0.6) is 0 Å². The molecule has 1 aliphatic heterocycles. The number of rotatable bonds is 2. The van der Waals surface area contributed by atoms with Gasteiger partial charge in [0.25, 0.3) is 0 Å². The fourth-order valence-electron chi connectivity index (χ4n) is 2.39. The summed E-state index contributed by atoms with van der Waals surface area (Å²) < 4.78 is 18.7. The predicted molar refractivity (Wildman–Crippen MR) is 75.0 cm³/mol. The first kappa shape index (κ1) is 15.3. The highest BCUT2D eigenvalue weighted by molar-refractivity contribution is 5.91. The lowest BCUT2D eigenvalue weighted by Crippen LogP contribution is -2.36. The molecule has 1 heterocycles. The smallest absolute Gasteiger partial charge is 0.414 e. The van der Waals surface area contributed by atoms with E-state index in [1.165, 1.54) is 23.1 Å². The van der Waals surface area contributed by atoms with E-state index in [0.29, 0.717) is 11.3 Å². The summed E-state index contributed by atoms with van der Waals surface area (Å²) in [4.78, 5) is 24.5. The molecule has 1 aliphatic rings. The van der Waals surface area contributed by atoms with Crippen LogP contribution >= 0.6 is 0 Å². The number of carboxylic acids is 1. The summed E-state index contributed by atoms with van der Waals surface area (Å²) in [5.74, 6) is -1.86. The second-order valence-electron chi connectivity index (χ2n) is 6.09. The fraction of sp³-hybridized carbons (Fsp3) is 0.467. The van der Waals surface area contributed by atoms with Crippen molar-refractivity contribution in [2.75, 3.05) is 11.4 Å². The summed E-state index contributed by atoms with van der Waals surface area (Å²) in [5.41, 5.74) is 0.391. The summed E-state index contributed by atoms with van der Waals surface area (Å²) in [6.07, 6.45) is -0.710. The van der Waals surface area contributed by atoms with Gasteiger partial charge >= 0.3 is 12.1 Å². The lowest BCUT2D eigenvalue weighted by atomic mass is 9.98. The van der Waals surface area contributed by atoms with Crippen molar-refractivity contribution < 1.29 is 23.8 Å². The van der Waals surface area contributed by atoms with Crippen LogP contribution in [0.1, 0.15) is 38.7 Å². The van der Waals surface area contributed by atoms with Crippen molar-refractivity contribution in [1.82, 2.24) is 0 Å². The minimum absolute atomic E-state index is 0.157. The van der Waals surface area contributed by atoms with Crippen molar-refractivity contribution in [1.29, 1.82) is 0 Å². The topological polar surface area (TPSA) is 66.8 Å². The van der Waals surface area contributed by atoms with Gasteiger partial charge in [-0.15, -0.1) is 0 Å². The number of hydrogen-bond donors (Lipinski definition) is 1. The van der Waals surface area contributed by atoms with Crippen molar-refractivity contribution in [2.24, 2.45) is 0 Å². The van der Waals surface area contributed by atoms with Crippen molar-refractivity contribution >= 4 is 17.7 Å². The van der Waals surface area contributed by atoms with Crippen LogP contribution in [0.25, 0.3) is 0 Å². The Morgan fingerprint density at radius 2 is 2.10 bits per heavy atom. The van der Waals surface area contributed by atoms with Crippen molar-refractivity contribution in [3.63, 3.8) is 0 Å². The Morgan fingerprint density at radius 3 is 2.67 bits per heavy atom. The Kier molecular flexibility index (Phi) is 3.89. The third-order valence-corrected chi connectivity index (χ3v) is 3.16. The molecule has 2 rings (SSSR count). The van der Waals surface area contributed by atoms with E-state index in [1.807, 2.05) is 0 Å². The summed E-state index contributed by atoms with van der Waals surface area (Å²) in [5, 5.41) is 8.95. The second kappa shape index (κ2) is 5.35. The number of benzene rings is 1. The van der Waals surface area contributed by atoms with E-state index in [4.69, 9.17) is 9.84 Å². The molecule has 114 valence electrons. The van der Waals surface area contributed by atoms with Crippen molar-refractivity contribution in [3.8, 4) is 0 Å². The molecule has 0 fully saturated rings. The first-order chi connectivity index (χ1) is 9.67. The molecule has 0 spiro atoms. The van der Waals surface area contributed by atoms with Gasteiger partial charge in [-0.2, -0.15) is 0 Å². The highest BCUT2D eigenvalue weighted by Gasteiger charge is 2.36. The monoisotopic (exact) mass is 295 g/mol. The van der Waals surface area contributed by atoms with Crippen LogP contribution in [0.3, 0.4) is 0 Å². The van der Waals surface area contributed by atoms with Crippen LogP contribution in [0.2, 0.25) is 0 Å². The SMILES string of the molecule is CC(C)(C)OC(=O)N1CC(CC(=O)O)c2cc(F)ccc21. The van der Waals surface area contributed by atoms with Gasteiger partial charge in [-0.3, -0.25) is 9.69 Å². The zero-order valence-electron chi connectivity index (χ0n) is 12.2. The van der Waals surface area contributed by atoms with E-state index in [2.05, 4.69) is 0 Å². The van der Waals surface area contributed by atoms with Gasteiger partial charge in [-0.1, -0.05) is 0 Å². The maximum Gasteiger partial charge on any atom is 0.414 e. The highest BCUT2D eigenvalue weighted by atomic mass is 19.1. The molecule has 1 unspecified atom stereocenters. The highest BCUT2D eigenvalue weighted by Crippen LogP contribution is 2.39. The van der Waals surface area contributed by atoms with Crippen molar-refractivity contribution in [2.45, 2.75) is 38.7 Å². The fourth-order valence-corrected chi connectivity index (χ4v) is 2.39. The average molecular weight is 295 g/mol. The van der Waals surface area contributed by atoms with Crippen LogP contribution in [-0.4, -0.2) is 29.3 Å². The number of carboxylic acid groups (broad SMARTS) is 1. The number of hydrogen-bond acceptors (Lipinski definition) is 3. The number of halogens is 1. The molecule has 1 atom stereocenters. The Balaban J connectivity index is 2.31. The van der Waals surface area contributed by atoms with Gasteiger partial charge in [0.1, 0.15) is 11.4 Å². The first-order valence-electron chi connectivity index (χ1n) is 6.69. The third-order valence-electron chi connectivity index (χ3n) is 3.16. The van der Waals surface area contributed by atoms with Crippen LogP contribution in [0, 0.1) is 5.82 Å². The van der Waals surface area contributed by atoms with E-state index >= 15 is 0 Å².